The molecule has 1 aliphatic heterocycles. The minimum atomic E-state index is -0.145. The van der Waals surface area contributed by atoms with E-state index in [1.165, 1.54) is 0 Å². The molecule has 1 N–H and O–H groups in total. The van der Waals surface area contributed by atoms with Gasteiger partial charge in [-0.3, -0.25) is 4.79 Å². The largest absolute Gasteiger partial charge is 1.00 e. The van der Waals surface area contributed by atoms with Gasteiger partial charge in [0.1, 0.15) is 10.2 Å². The van der Waals surface area contributed by atoms with Crippen LogP contribution in [0.3, 0.4) is 0 Å². The Labute approximate surface area is 217 Å². The first-order chi connectivity index (χ1) is 12.4. The van der Waals surface area contributed by atoms with Gasteiger partial charge in [-0.15, -0.1) is 6.07 Å². The van der Waals surface area contributed by atoms with E-state index in [1.807, 2.05) is 24.3 Å². The van der Waals surface area contributed by atoms with E-state index in [1.54, 1.807) is 0 Å². The number of aryl methyl sites for hydroxylation is 1. The Kier molecular flexibility index (Phi) is 8.18. The van der Waals surface area contributed by atoms with Gasteiger partial charge in [0.15, 0.2) is 0 Å². The summed E-state index contributed by atoms with van der Waals surface area (Å²) < 4.78 is 8.53. The third kappa shape index (κ3) is 4.10. The van der Waals surface area contributed by atoms with Crippen molar-refractivity contribution in [1.29, 1.82) is 0 Å². The van der Waals surface area contributed by atoms with Crippen molar-refractivity contribution in [2.45, 2.75) is 6.92 Å². The third-order valence-corrected chi connectivity index (χ3v) is 6.53. The van der Waals surface area contributed by atoms with Crippen LogP contribution in [-0.2, 0) is 0 Å². The van der Waals surface area contributed by atoms with Crippen LogP contribution >= 0.6 is 63.7 Å². The third-order valence-electron chi connectivity index (χ3n) is 4.23. The number of rotatable bonds is 1. The van der Waals surface area contributed by atoms with Crippen molar-refractivity contribution in [1.82, 2.24) is 0 Å². The molecule has 138 valence electrons. The summed E-state index contributed by atoms with van der Waals surface area (Å²) in [6.07, 6.45) is 0. The molecule has 2 aliphatic rings. The first-order valence-electron chi connectivity index (χ1n) is 7.60. The van der Waals surface area contributed by atoms with Crippen LogP contribution in [0.2, 0.25) is 0 Å². The molecule has 0 aromatic heterocycles. The maximum atomic E-state index is 12.4. The van der Waals surface area contributed by atoms with Gasteiger partial charge in [0.05, 0.1) is 4.47 Å². The smallest absolute Gasteiger partial charge is 0.870 e. The fraction of sp³-hybridized carbons (Fsp3) is 0.0500. The summed E-state index contributed by atoms with van der Waals surface area (Å²) in [5.41, 5.74) is 4.58. The summed E-state index contributed by atoms with van der Waals surface area (Å²) in [6, 6.07) is 15.1. The molecule has 8 heteroatoms. The average molecular weight is 641 g/mol. The van der Waals surface area contributed by atoms with Crippen molar-refractivity contribution >= 4 is 74.7 Å². The van der Waals surface area contributed by atoms with E-state index in [0.29, 0.717) is 24.8 Å². The Morgan fingerprint density at radius 1 is 1.00 bits per heavy atom. The van der Waals surface area contributed by atoms with Crippen LogP contribution in [0.5, 0.6) is 0 Å². The predicted octanol–water partition coefficient (Wildman–Crippen LogP) is 4.55. The number of benzene rings is 3. The Bertz CT molecular complexity index is 1220. The standard InChI is InChI=1S/C20H9Br4O2.Na.H2O/c1-9-4-2-3-5-11(9)16-12-6-10(21)7-15(23)19(12)26-20-13(16)8-14(22)18(25)17(20)24;;/h2-6,8H,1H3;;1H2/q-1;+1;/p-1. The molecule has 1 heterocycles. The van der Waals surface area contributed by atoms with Gasteiger partial charge in [-0.05, 0) is 61.5 Å². The van der Waals surface area contributed by atoms with Crippen molar-refractivity contribution < 1.29 is 39.5 Å². The summed E-state index contributed by atoms with van der Waals surface area (Å²) in [5.74, 6) is 0.514. The van der Waals surface area contributed by atoms with Gasteiger partial charge in [-0.2, -0.15) is 6.07 Å². The Morgan fingerprint density at radius 2 is 1.68 bits per heavy atom. The maximum absolute atomic E-state index is 12.4. The molecular weight excluding hydrogens is 631 g/mol. The predicted molar refractivity (Wildman–Crippen MR) is 121 cm³/mol. The maximum Gasteiger partial charge on any atom is 1.00 e. The van der Waals surface area contributed by atoms with Gasteiger partial charge in [-0.1, -0.05) is 70.5 Å². The van der Waals surface area contributed by atoms with Crippen LogP contribution in [0, 0.1) is 13.0 Å². The van der Waals surface area contributed by atoms with Crippen LogP contribution < -0.4 is 35.0 Å². The quantitative estimate of drug-likeness (QED) is 0.174. The van der Waals surface area contributed by atoms with E-state index < -0.39 is 0 Å². The van der Waals surface area contributed by atoms with Crippen molar-refractivity contribution in [3.63, 3.8) is 0 Å². The molecule has 2 aromatic carbocycles. The van der Waals surface area contributed by atoms with E-state index in [9.17, 15) is 4.79 Å². The molecule has 1 aliphatic carbocycles. The van der Waals surface area contributed by atoms with E-state index >= 15 is 0 Å². The first kappa shape index (κ1) is 24.3. The van der Waals surface area contributed by atoms with E-state index in [0.717, 1.165) is 32.1 Å². The zero-order valence-electron chi connectivity index (χ0n) is 14.7. The van der Waals surface area contributed by atoms with E-state index in [2.05, 4.69) is 88.8 Å². The molecule has 0 radical (unpaired) electrons. The summed E-state index contributed by atoms with van der Waals surface area (Å²) >= 11 is 13.8. The molecule has 0 saturated carbocycles. The molecule has 4 rings (SSSR count). The Balaban J connectivity index is 0.00000140. The fourth-order valence-electron chi connectivity index (χ4n) is 3.05. The Morgan fingerprint density at radius 3 is 2.36 bits per heavy atom. The normalized spacial score (nSPS) is 10.6. The Hall–Kier alpha value is 0.0100. The molecule has 0 atom stereocenters. The van der Waals surface area contributed by atoms with Crippen molar-refractivity contribution in [2.24, 2.45) is 0 Å². The average Bonchev–Trinajstić information content (AvgIpc) is 2.60. The summed E-state index contributed by atoms with van der Waals surface area (Å²) in [6.45, 7) is 2.07. The molecule has 0 unspecified atom stereocenters. The molecule has 0 saturated heterocycles. The van der Waals surface area contributed by atoms with Gasteiger partial charge < -0.3 is 9.89 Å². The van der Waals surface area contributed by atoms with Crippen LogP contribution in [0.4, 0.5) is 0 Å². The molecule has 3 nitrogen and oxygen atoms in total. The van der Waals surface area contributed by atoms with Crippen LogP contribution in [0.15, 0.2) is 63.5 Å². The number of fused-ring (bicyclic) bond motifs is 2. The minimum Gasteiger partial charge on any atom is -0.870 e. The SMILES string of the molecule is Cc1ccccc1-c1c2cc(Br)c(=O)c(Br)c-2oc2c(Br)[c-]c(Br)cc12.[Na+].[OH-]. The van der Waals surface area contributed by atoms with Crippen LogP contribution in [-0.4, -0.2) is 5.48 Å². The molecule has 0 fully saturated rings. The second-order valence-corrected chi connectivity index (χ2v) is 9.14. The molecule has 0 amide bonds. The van der Waals surface area contributed by atoms with Gasteiger partial charge >= 0.3 is 29.6 Å². The van der Waals surface area contributed by atoms with Crippen molar-refractivity contribution in [3.8, 4) is 22.5 Å². The zero-order valence-corrected chi connectivity index (χ0v) is 23.1. The number of hydrogen-bond donors (Lipinski definition) is 0. The molecule has 2 aromatic rings. The topological polar surface area (TPSA) is 60.2 Å². The summed E-state index contributed by atoms with van der Waals surface area (Å²) in [5, 5.41) is 0.932. The van der Waals surface area contributed by atoms with Crippen molar-refractivity contribution in [2.75, 3.05) is 0 Å². The molecular formula is C20H10Br4NaO3-. The second kappa shape index (κ2) is 9.43. The van der Waals surface area contributed by atoms with Gasteiger partial charge in [0.2, 0.25) is 5.43 Å². The fourth-order valence-corrected chi connectivity index (χ4v) is 5.46. The van der Waals surface area contributed by atoms with Crippen LogP contribution in [0.25, 0.3) is 33.4 Å². The summed E-state index contributed by atoms with van der Waals surface area (Å²) in [7, 11) is 0. The number of hydrogen-bond acceptors (Lipinski definition) is 3. The number of halogens is 4. The van der Waals surface area contributed by atoms with E-state index in [4.69, 9.17) is 4.42 Å². The van der Waals surface area contributed by atoms with Gasteiger partial charge in [-0.25, -0.2) is 0 Å². The van der Waals surface area contributed by atoms with Gasteiger partial charge in [0, 0.05) is 11.1 Å². The molecule has 0 spiro atoms. The van der Waals surface area contributed by atoms with Gasteiger partial charge in [0.25, 0.3) is 0 Å². The van der Waals surface area contributed by atoms with Crippen molar-refractivity contribution in [3.05, 3.63) is 76.1 Å². The summed E-state index contributed by atoms with van der Waals surface area (Å²) in [4.78, 5) is 12.4. The minimum absolute atomic E-state index is 0. The molecule has 0 bridgehead atoms. The van der Waals surface area contributed by atoms with E-state index in [-0.39, 0.29) is 40.5 Å². The monoisotopic (exact) mass is 637 g/mol. The van der Waals surface area contributed by atoms with Crippen LogP contribution in [0.1, 0.15) is 5.56 Å². The molecule has 28 heavy (non-hydrogen) atoms. The first-order valence-corrected chi connectivity index (χ1v) is 10.8. The second-order valence-electron chi connectivity index (χ2n) is 5.84. The zero-order chi connectivity index (χ0) is 18.6.